The highest BCUT2D eigenvalue weighted by molar-refractivity contribution is 6.32. The fourth-order valence-corrected chi connectivity index (χ4v) is 1.10. The average Bonchev–Trinajstić information content (AvgIpc) is 2.21. The van der Waals surface area contributed by atoms with E-state index >= 15 is 0 Å². The highest BCUT2D eigenvalue weighted by Gasteiger charge is 2.33. The van der Waals surface area contributed by atoms with Crippen LogP contribution in [0.4, 0.5) is 0 Å². The summed E-state index contributed by atoms with van der Waals surface area (Å²) in [5, 5.41) is 0.391. The standard InChI is InChI=1S/C10H12ClNO3/c1-10(14-2,9(12)13)15-8-6-4-3-5-7(8)11/h3-6H,1-2H3,(H2,12,13). The fraction of sp³-hybridized carbons (Fsp3) is 0.300. The molecule has 1 aromatic rings. The van der Waals surface area contributed by atoms with Crippen molar-refractivity contribution in [2.24, 2.45) is 5.73 Å². The van der Waals surface area contributed by atoms with Gasteiger partial charge in [0.05, 0.1) is 5.02 Å². The number of primary amides is 1. The van der Waals surface area contributed by atoms with Gasteiger partial charge in [-0.15, -0.1) is 0 Å². The molecule has 0 saturated heterocycles. The van der Waals surface area contributed by atoms with Crippen molar-refractivity contribution in [3.63, 3.8) is 0 Å². The van der Waals surface area contributed by atoms with E-state index in [1.807, 2.05) is 0 Å². The molecule has 5 heteroatoms. The highest BCUT2D eigenvalue weighted by Crippen LogP contribution is 2.27. The molecule has 1 rings (SSSR count). The number of para-hydroxylation sites is 1. The van der Waals surface area contributed by atoms with Gasteiger partial charge < -0.3 is 15.2 Å². The molecule has 82 valence electrons. The summed E-state index contributed by atoms with van der Waals surface area (Å²) in [5.74, 6) is -1.88. The van der Waals surface area contributed by atoms with Gasteiger partial charge in [-0.1, -0.05) is 23.7 Å². The summed E-state index contributed by atoms with van der Waals surface area (Å²) >= 11 is 5.86. The smallest absolute Gasteiger partial charge is 0.290 e. The van der Waals surface area contributed by atoms with Crippen LogP contribution in [-0.4, -0.2) is 18.8 Å². The molecule has 1 amide bonds. The number of ether oxygens (including phenoxy) is 2. The van der Waals surface area contributed by atoms with Gasteiger partial charge in [0, 0.05) is 14.0 Å². The van der Waals surface area contributed by atoms with Crippen LogP contribution in [0.2, 0.25) is 5.02 Å². The molecule has 0 bridgehead atoms. The zero-order valence-corrected chi connectivity index (χ0v) is 9.25. The Labute approximate surface area is 92.9 Å². The molecule has 0 saturated carbocycles. The van der Waals surface area contributed by atoms with Crippen molar-refractivity contribution in [3.05, 3.63) is 29.3 Å². The summed E-state index contributed by atoms with van der Waals surface area (Å²) in [7, 11) is 1.33. The molecule has 1 atom stereocenters. The summed E-state index contributed by atoms with van der Waals surface area (Å²) in [6.45, 7) is 1.43. The number of methoxy groups -OCH3 is 1. The Morgan fingerprint density at radius 3 is 2.53 bits per heavy atom. The average molecular weight is 230 g/mol. The molecule has 4 nitrogen and oxygen atoms in total. The third kappa shape index (κ3) is 2.61. The Kier molecular flexibility index (Phi) is 3.55. The van der Waals surface area contributed by atoms with Crippen LogP contribution in [-0.2, 0) is 9.53 Å². The maximum absolute atomic E-state index is 11.1. The van der Waals surface area contributed by atoms with E-state index < -0.39 is 11.7 Å². The van der Waals surface area contributed by atoms with E-state index in [0.29, 0.717) is 10.8 Å². The lowest BCUT2D eigenvalue weighted by Crippen LogP contribution is -2.47. The first kappa shape index (κ1) is 11.8. The van der Waals surface area contributed by atoms with Crippen molar-refractivity contribution in [2.75, 3.05) is 7.11 Å². The molecule has 0 aliphatic rings. The molecule has 2 N–H and O–H groups in total. The second kappa shape index (κ2) is 4.51. The van der Waals surface area contributed by atoms with Crippen molar-refractivity contribution in [1.29, 1.82) is 0 Å². The number of carbonyl (C=O) groups excluding carboxylic acids is 1. The number of benzene rings is 1. The summed E-state index contributed by atoms with van der Waals surface area (Å²) in [6, 6.07) is 6.76. The van der Waals surface area contributed by atoms with Crippen LogP contribution in [0.15, 0.2) is 24.3 Å². The van der Waals surface area contributed by atoms with E-state index in [0.717, 1.165) is 0 Å². The van der Waals surface area contributed by atoms with E-state index in [2.05, 4.69) is 0 Å². The number of nitrogens with two attached hydrogens (primary N) is 1. The normalized spacial score (nSPS) is 14.3. The number of halogens is 1. The molecule has 15 heavy (non-hydrogen) atoms. The maximum atomic E-state index is 11.1. The Balaban J connectivity index is 2.94. The van der Waals surface area contributed by atoms with Gasteiger partial charge in [0.15, 0.2) is 0 Å². The number of amides is 1. The van der Waals surface area contributed by atoms with Gasteiger partial charge in [-0.05, 0) is 12.1 Å². The van der Waals surface area contributed by atoms with Gasteiger partial charge in [0.1, 0.15) is 5.75 Å². The summed E-state index contributed by atoms with van der Waals surface area (Å²) in [6.07, 6.45) is 0. The Bertz CT molecular complexity index is 369. The molecule has 1 aromatic carbocycles. The lowest BCUT2D eigenvalue weighted by molar-refractivity contribution is -0.175. The topological polar surface area (TPSA) is 61.6 Å². The van der Waals surface area contributed by atoms with Gasteiger partial charge in [-0.25, -0.2) is 0 Å². The molecule has 0 radical (unpaired) electrons. The van der Waals surface area contributed by atoms with Crippen molar-refractivity contribution in [2.45, 2.75) is 12.7 Å². The first-order valence-electron chi connectivity index (χ1n) is 4.28. The van der Waals surface area contributed by atoms with E-state index in [4.69, 9.17) is 26.8 Å². The van der Waals surface area contributed by atoms with Gasteiger partial charge >= 0.3 is 0 Å². The molecular weight excluding hydrogens is 218 g/mol. The van der Waals surface area contributed by atoms with Crippen molar-refractivity contribution in [1.82, 2.24) is 0 Å². The van der Waals surface area contributed by atoms with E-state index in [1.165, 1.54) is 14.0 Å². The van der Waals surface area contributed by atoms with Crippen LogP contribution in [0.1, 0.15) is 6.92 Å². The van der Waals surface area contributed by atoms with Crippen LogP contribution in [0.5, 0.6) is 5.75 Å². The predicted molar refractivity (Wildman–Crippen MR) is 56.7 cm³/mol. The van der Waals surface area contributed by atoms with E-state index in [-0.39, 0.29) is 0 Å². The molecule has 0 aliphatic carbocycles. The van der Waals surface area contributed by atoms with Crippen LogP contribution in [0.3, 0.4) is 0 Å². The fourth-order valence-electron chi connectivity index (χ4n) is 0.930. The molecule has 0 aromatic heterocycles. The first-order chi connectivity index (χ1) is 6.99. The molecule has 0 aliphatic heterocycles. The quantitative estimate of drug-likeness (QED) is 0.798. The lowest BCUT2D eigenvalue weighted by Gasteiger charge is -2.25. The summed E-state index contributed by atoms with van der Waals surface area (Å²) in [4.78, 5) is 11.1. The minimum atomic E-state index is -1.51. The van der Waals surface area contributed by atoms with Crippen LogP contribution >= 0.6 is 11.6 Å². The Morgan fingerprint density at radius 1 is 1.47 bits per heavy atom. The van der Waals surface area contributed by atoms with Crippen LogP contribution < -0.4 is 10.5 Å². The number of carbonyl (C=O) groups is 1. The molecular formula is C10H12ClNO3. The van der Waals surface area contributed by atoms with Crippen LogP contribution in [0.25, 0.3) is 0 Å². The monoisotopic (exact) mass is 229 g/mol. The second-order valence-corrected chi connectivity index (χ2v) is 3.45. The van der Waals surface area contributed by atoms with Crippen molar-refractivity contribution >= 4 is 17.5 Å². The Morgan fingerprint density at radius 2 is 2.07 bits per heavy atom. The van der Waals surface area contributed by atoms with E-state index in [9.17, 15) is 4.79 Å². The van der Waals surface area contributed by atoms with Gasteiger partial charge in [0.2, 0.25) is 0 Å². The highest BCUT2D eigenvalue weighted by atomic mass is 35.5. The van der Waals surface area contributed by atoms with Gasteiger partial charge in [-0.3, -0.25) is 4.79 Å². The number of hydrogen-bond acceptors (Lipinski definition) is 3. The largest absolute Gasteiger partial charge is 0.452 e. The Hall–Kier alpha value is -1.26. The molecule has 1 unspecified atom stereocenters. The predicted octanol–water partition coefficient (Wildman–Crippen LogP) is 1.57. The summed E-state index contributed by atoms with van der Waals surface area (Å²) < 4.78 is 10.2. The van der Waals surface area contributed by atoms with Gasteiger partial charge in [-0.2, -0.15) is 0 Å². The molecule has 0 heterocycles. The third-order valence-corrected chi connectivity index (χ3v) is 2.29. The zero-order chi connectivity index (χ0) is 11.5. The number of hydrogen-bond donors (Lipinski definition) is 1. The first-order valence-corrected chi connectivity index (χ1v) is 4.66. The molecule has 0 spiro atoms. The van der Waals surface area contributed by atoms with Crippen LogP contribution in [0, 0.1) is 0 Å². The van der Waals surface area contributed by atoms with Gasteiger partial charge in [0.25, 0.3) is 11.7 Å². The lowest BCUT2D eigenvalue weighted by atomic mass is 10.3. The minimum absolute atomic E-state index is 0.349. The van der Waals surface area contributed by atoms with Crippen molar-refractivity contribution < 1.29 is 14.3 Å². The number of rotatable bonds is 4. The maximum Gasteiger partial charge on any atom is 0.290 e. The zero-order valence-electron chi connectivity index (χ0n) is 8.49. The van der Waals surface area contributed by atoms with E-state index in [1.54, 1.807) is 24.3 Å². The second-order valence-electron chi connectivity index (χ2n) is 3.05. The SMILES string of the molecule is COC(C)(Oc1ccccc1Cl)C(N)=O. The molecule has 0 fully saturated rings. The van der Waals surface area contributed by atoms with Crippen molar-refractivity contribution in [3.8, 4) is 5.75 Å². The third-order valence-electron chi connectivity index (χ3n) is 1.98. The summed E-state index contributed by atoms with van der Waals surface area (Å²) in [5.41, 5.74) is 5.15. The minimum Gasteiger partial charge on any atom is -0.452 e.